The number of amides is 1. The molecule has 3 aromatic rings. The van der Waals surface area contributed by atoms with Crippen LogP contribution in [0.4, 0.5) is 0 Å². The molecule has 28 heavy (non-hydrogen) atoms. The van der Waals surface area contributed by atoms with Gasteiger partial charge in [-0.15, -0.1) is 0 Å². The number of aromatic nitrogens is 3. The van der Waals surface area contributed by atoms with Crippen LogP contribution in [0.3, 0.4) is 0 Å². The second kappa shape index (κ2) is 8.17. The molecule has 0 bridgehead atoms. The predicted molar refractivity (Wildman–Crippen MR) is 105 cm³/mol. The first-order chi connectivity index (χ1) is 13.7. The van der Waals surface area contributed by atoms with Crippen LogP contribution in [0.15, 0.2) is 61.1 Å². The molecule has 6 nitrogen and oxygen atoms in total. The molecule has 1 aliphatic heterocycles. The lowest BCUT2D eigenvalue weighted by molar-refractivity contribution is 0.0705. The van der Waals surface area contributed by atoms with E-state index in [2.05, 4.69) is 15.0 Å². The Hall–Kier alpha value is -3.28. The molecule has 1 amide bonds. The van der Waals surface area contributed by atoms with E-state index in [1.54, 1.807) is 24.7 Å². The van der Waals surface area contributed by atoms with Crippen molar-refractivity contribution in [1.29, 1.82) is 0 Å². The second-order valence-electron chi connectivity index (χ2n) is 6.94. The third kappa shape index (κ3) is 4.01. The third-order valence-electron chi connectivity index (χ3n) is 4.98. The van der Waals surface area contributed by atoms with E-state index in [9.17, 15) is 4.79 Å². The highest BCUT2D eigenvalue weighted by atomic mass is 16.5. The van der Waals surface area contributed by atoms with Crippen LogP contribution in [0, 0.1) is 6.92 Å². The van der Waals surface area contributed by atoms with Gasteiger partial charge in [-0.3, -0.25) is 14.8 Å². The highest BCUT2D eigenvalue weighted by Crippen LogP contribution is 2.33. The number of rotatable bonds is 4. The average molecular weight is 374 g/mol. The number of hydrogen-bond acceptors (Lipinski definition) is 5. The molecule has 0 spiro atoms. The van der Waals surface area contributed by atoms with Gasteiger partial charge in [-0.25, -0.2) is 4.98 Å². The Morgan fingerprint density at radius 3 is 2.43 bits per heavy atom. The molecule has 0 saturated carbocycles. The Bertz CT molecular complexity index is 936. The van der Waals surface area contributed by atoms with E-state index >= 15 is 0 Å². The second-order valence-corrected chi connectivity index (χ2v) is 6.94. The van der Waals surface area contributed by atoms with Gasteiger partial charge in [0.2, 0.25) is 5.88 Å². The number of hydrogen-bond donors (Lipinski definition) is 0. The number of ether oxygens (including phenoxy) is 1. The van der Waals surface area contributed by atoms with Crippen molar-refractivity contribution in [3.63, 3.8) is 0 Å². The molecule has 3 heterocycles. The van der Waals surface area contributed by atoms with Gasteiger partial charge in [0.05, 0.1) is 0 Å². The monoisotopic (exact) mass is 374 g/mol. The number of carbonyl (C=O) groups is 1. The lowest BCUT2D eigenvalue weighted by atomic mass is 9.93. The van der Waals surface area contributed by atoms with Crippen LogP contribution in [0.25, 0.3) is 0 Å². The van der Waals surface area contributed by atoms with Crippen molar-refractivity contribution in [3.8, 4) is 11.6 Å². The van der Waals surface area contributed by atoms with Crippen molar-refractivity contribution in [1.82, 2.24) is 19.9 Å². The number of piperidine rings is 1. The highest BCUT2D eigenvalue weighted by Gasteiger charge is 2.28. The zero-order valence-corrected chi connectivity index (χ0v) is 15.8. The number of pyridine rings is 1. The van der Waals surface area contributed by atoms with Gasteiger partial charge in [0, 0.05) is 37.6 Å². The summed E-state index contributed by atoms with van der Waals surface area (Å²) in [5, 5.41) is 0. The van der Waals surface area contributed by atoms with Crippen LogP contribution in [0.2, 0.25) is 0 Å². The Kier molecular flexibility index (Phi) is 5.28. The molecule has 0 aliphatic carbocycles. The molecule has 142 valence electrons. The topological polar surface area (TPSA) is 68.2 Å². The molecule has 0 unspecified atom stereocenters. The minimum atomic E-state index is -0.0191. The van der Waals surface area contributed by atoms with Gasteiger partial charge in [-0.2, -0.15) is 0 Å². The van der Waals surface area contributed by atoms with Crippen LogP contribution >= 0.6 is 0 Å². The van der Waals surface area contributed by atoms with Gasteiger partial charge in [-0.1, -0.05) is 23.8 Å². The minimum absolute atomic E-state index is 0.0191. The zero-order chi connectivity index (χ0) is 19.3. The molecule has 6 heteroatoms. The summed E-state index contributed by atoms with van der Waals surface area (Å²) in [6.45, 7) is 3.37. The number of likely N-dealkylation sites (tertiary alicyclic amines) is 1. The number of aryl methyl sites for hydroxylation is 1. The van der Waals surface area contributed by atoms with Crippen molar-refractivity contribution < 1.29 is 9.53 Å². The maximum Gasteiger partial charge on any atom is 0.272 e. The minimum Gasteiger partial charge on any atom is -0.437 e. The van der Waals surface area contributed by atoms with E-state index in [0.717, 1.165) is 24.3 Å². The Balaban J connectivity index is 1.45. The molecule has 1 fully saturated rings. The summed E-state index contributed by atoms with van der Waals surface area (Å²) in [6, 6.07) is 13.3. The van der Waals surface area contributed by atoms with Crippen LogP contribution in [0.1, 0.15) is 40.5 Å². The van der Waals surface area contributed by atoms with Crippen molar-refractivity contribution in [2.45, 2.75) is 25.7 Å². The number of carbonyl (C=O) groups excluding carboxylic acids is 1. The Morgan fingerprint density at radius 1 is 0.964 bits per heavy atom. The largest absolute Gasteiger partial charge is 0.437 e. The van der Waals surface area contributed by atoms with E-state index < -0.39 is 0 Å². The smallest absolute Gasteiger partial charge is 0.272 e. The quantitative estimate of drug-likeness (QED) is 0.691. The van der Waals surface area contributed by atoms with Gasteiger partial charge < -0.3 is 9.64 Å². The first-order valence-electron chi connectivity index (χ1n) is 9.46. The van der Waals surface area contributed by atoms with E-state index in [1.165, 1.54) is 5.56 Å². The number of nitrogens with zero attached hydrogens (tertiary/aromatic N) is 4. The van der Waals surface area contributed by atoms with Gasteiger partial charge in [0.1, 0.15) is 17.1 Å². The first-order valence-corrected chi connectivity index (χ1v) is 9.46. The molecular formula is C22H22N4O2. The van der Waals surface area contributed by atoms with Crippen molar-refractivity contribution >= 4 is 5.91 Å². The van der Waals surface area contributed by atoms with Gasteiger partial charge in [-0.05, 0) is 44.0 Å². The molecule has 0 atom stereocenters. The highest BCUT2D eigenvalue weighted by molar-refractivity contribution is 5.92. The van der Waals surface area contributed by atoms with Crippen LogP contribution in [0.5, 0.6) is 11.6 Å². The normalized spacial score (nSPS) is 14.7. The molecule has 1 aromatic carbocycles. The van der Waals surface area contributed by atoms with Crippen molar-refractivity contribution in [3.05, 3.63) is 78.0 Å². The van der Waals surface area contributed by atoms with Gasteiger partial charge in [0.25, 0.3) is 5.91 Å². The Morgan fingerprint density at radius 2 is 1.71 bits per heavy atom. The molecule has 0 radical (unpaired) electrons. The lowest BCUT2D eigenvalue weighted by Crippen LogP contribution is -2.38. The standard InChI is InChI=1S/C22H22N4O2/c1-16-5-7-18(8-6-16)28-21-20(24-12-13-25-21)17-9-14-26(15-10-17)22(27)19-4-2-3-11-23-19/h2-8,11-13,17H,9-10,14-15H2,1H3. The summed E-state index contributed by atoms with van der Waals surface area (Å²) in [6.07, 6.45) is 6.63. The van der Waals surface area contributed by atoms with Gasteiger partial charge >= 0.3 is 0 Å². The summed E-state index contributed by atoms with van der Waals surface area (Å²) in [7, 11) is 0. The van der Waals surface area contributed by atoms with E-state index in [0.29, 0.717) is 24.7 Å². The maximum absolute atomic E-state index is 12.6. The third-order valence-corrected chi connectivity index (χ3v) is 4.98. The predicted octanol–water partition coefficient (Wildman–Crippen LogP) is 3.99. The molecule has 0 N–H and O–H groups in total. The van der Waals surface area contributed by atoms with Crippen LogP contribution in [-0.4, -0.2) is 38.8 Å². The SMILES string of the molecule is Cc1ccc(Oc2nccnc2C2CCN(C(=O)c3ccccn3)CC2)cc1. The van der Waals surface area contributed by atoms with Crippen LogP contribution < -0.4 is 4.74 Å². The fraction of sp³-hybridized carbons (Fsp3) is 0.273. The summed E-state index contributed by atoms with van der Waals surface area (Å²) in [4.78, 5) is 27.5. The Labute approximate surface area is 164 Å². The van der Waals surface area contributed by atoms with E-state index in [-0.39, 0.29) is 11.8 Å². The van der Waals surface area contributed by atoms with Crippen LogP contribution in [-0.2, 0) is 0 Å². The average Bonchev–Trinajstić information content (AvgIpc) is 2.76. The molecule has 2 aromatic heterocycles. The molecule has 1 aliphatic rings. The molecule has 4 rings (SSSR count). The molecule has 1 saturated heterocycles. The fourth-order valence-corrected chi connectivity index (χ4v) is 3.42. The first kappa shape index (κ1) is 18.1. The van der Waals surface area contributed by atoms with Crippen molar-refractivity contribution in [2.24, 2.45) is 0 Å². The summed E-state index contributed by atoms with van der Waals surface area (Å²) >= 11 is 0. The summed E-state index contributed by atoms with van der Waals surface area (Å²) in [5.41, 5.74) is 2.52. The zero-order valence-electron chi connectivity index (χ0n) is 15.8. The van der Waals surface area contributed by atoms with E-state index in [1.807, 2.05) is 48.2 Å². The van der Waals surface area contributed by atoms with E-state index in [4.69, 9.17) is 4.74 Å². The molecular weight excluding hydrogens is 352 g/mol. The summed E-state index contributed by atoms with van der Waals surface area (Å²) < 4.78 is 6.00. The summed E-state index contributed by atoms with van der Waals surface area (Å²) in [5.74, 6) is 1.48. The van der Waals surface area contributed by atoms with Gasteiger partial charge in [0.15, 0.2) is 0 Å². The lowest BCUT2D eigenvalue weighted by Gasteiger charge is -2.31. The maximum atomic E-state index is 12.6. The number of benzene rings is 1. The fourth-order valence-electron chi connectivity index (χ4n) is 3.42. The van der Waals surface area contributed by atoms with Crippen molar-refractivity contribution in [2.75, 3.05) is 13.1 Å².